The summed E-state index contributed by atoms with van der Waals surface area (Å²) < 4.78 is 11.4. The third-order valence-corrected chi connectivity index (χ3v) is 2.59. The number of carbonyl (C=O) groups excluding carboxylic acids is 1. The van der Waals surface area contributed by atoms with E-state index < -0.39 is 11.4 Å². The van der Waals surface area contributed by atoms with E-state index in [1.165, 1.54) is 0 Å². The van der Waals surface area contributed by atoms with Crippen molar-refractivity contribution in [1.29, 1.82) is 0 Å². The summed E-state index contributed by atoms with van der Waals surface area (Å²) in [6.07, 6.45) is 3.78. The Kier molecular flexibility index (Phi) is 1.66. The lowest BCUT2D eigenvalue weighted by Gasteiger charge is -2.23. The minimum absolute atomic E-state index is 0.0507. The first kappa shape index (κ1) is 8.91. The summed E-state index contributed by atoms with van der Waals surface area (Å²) >= 11 is 0. The van der Waals surface area contributed by atoms with Crippen LogP contribution in [0, 0.1) is 0 Å². The van der Waals surface area contributed by atoms with E-state index in [1.54, 1.807) is 6.08 Å². The van der Waals surface area contributed by atoms with Crippen molar-refractivity contribution in [2.45, 2.75) is 44.7 Å². The van der Waals surface area contributed by atoms with Crippen molar-refractivity contribution in [3.8, 4) is 0 Å². The molecule has 0 saturated carbocycles. The predicted octanol–water partition coefficient (Wildman–Crippen LogP) is 1.43. The van der Waals surface area contributed by atoms with Crippen LogP contribution in [0.5, 0.6) is 0 Å². The molecule has 3 nitrogen and oxygen atoms in total. The van der Waals surface area contributed by atoms with Gasteiger partial charge in [-0.2, -0.15) is 0 Å². The van der Waals surface area contributed by atoms with Crippen molar-refractivity contribution in [2.24, 2.45) is 0 Å². The molecule has 13 heavy (non-hydrogen) atoms. The van der Waals surface area contributed by atoms with Crippen molar-refractivity contribution in [1.82, 2.24) is 0 Å². The Morgan fingerprint density at radius 1 is 1.54 bits per heavy atom. The van der Waals surface area contributed by atoms with Crippen LogP contribution in [-0.4, -0.2) is 23.3 Å². The van der Waals surface area contributed by atoms with Gasteiger partial charge in [0.1, 0.15) is 5.60 Å². The molecular formula is C10H14O3. The normalized spacial score (nSPS) is 42.1. The lowest BCUT2D eigenvalue weighted by atomic mass is 9.97. The standard InChI is InChI=1S/C10H14O3/c1-7-10(5-4-8(11)6-10)13-9(2,3)12-7/h4-5,7H,6H2,1-3H3/t7-,10+/m1/s1. The van der Waals surface area contributed by atoms with Gasteiger partial charge in [-0.1, -0.05) is 0 Å². The van der Waals surface area contributed by atoms with Crippen LogP contribution in [0.4, 0.5) is 0 Å². The summed E-state index contributed by atoms with van der Waals surface area (Å²) in [5.74, 6) is -0.456. The van der Waals surface area contributed by atoms with Crippen LogP contribution in [-0.2, 0) is 14.3 Å². The number of ether oxygens (including phenoxy) is 2. The van der Waals surface area contributed by atoms with Gasteiger partial charge >= 0.3 is 0 Å². The quantitative estimate of drug-likeness (QED) is 0.568. The Morgan fingerprint density at radius 2 is 2.23 bits per heavy atom. The van der Waals surface area contributed by atoms with Crippen molar-refractivity contribution < 1.29 is 14.3 Å². The second-order valence-electron chi connectivity index (χ2n) is 4.19. The van der Waals surface area contributed by atoms with Crippen LogP contribution in [0.2, 0.25) is 0 Å². The Hall–Kier alpha value is -0.670. The van der Waals surface area contributed by atoms with Crippen molar-refractivity contribution >= 4 is 5.78 Å². The van der Waals surface area contributed by atoms with Crippen LogP contribution in [0.3, 0.4) is 0 Å². The summed E-state index contributed by atoms with van der Waals surface area (Å²) in [5, 5.41) is 0. The molecule has 0 aromatic carbocycles. The van der Waals surface area contributed by atoms with E-state index in [1.807, 2.05) is 26.8 Å². The zero-order valence-corrected chi connectivity index (χ0v) is 8.16. The fourth-order valence-corrected chi connectivity index (χ4v) is 2.06. The molecule has 1 aliphatic carbocycles. The van der Waals surface area contributed by atoms with Crippen LogP contribution < -0.4 is 0 Å². The van der Waals surface area contributed by atoms with Gasteiger partial charge in [0.2, 0.25) is 0 Å². The van der Waals surface area contributed by atoms with E-state index in [0.29, 0.717) is 6.42 Å². The molecular weight excluding hydrogens is 168 g/mol. The predicted molar refractivity (Wildman–Crippen MR) is 47.2 cm³/mol. The molecule has 0 unspecified atom stereocenters. The topological polar surface area (TPSA) is 35.5 Å². The summed E-state index contributed by atoms with van der Waals surface area (Å²) in [7, 11) is 0. The average Bonchev–Trinajstić information content (AvgIpc) is 2.39. The van der Waals surface area contributed by atoms with E-state index in [2.05, 4.69) is 0 Å². The van der Waals surface area contributed by atoms with E-state index in [4.69, 9.17) is 9.47 Å². The molecule has 2 atom stereocenters. The molecule has 0 aromatic rings. The summed E-state index contributed by atoms with van der Waals surface area (Å²) in [6, 6.07) is 0. The molecule has 1 spiro atoms. The molecule has 0 amide bonds. The summed E-state index contributed by atoms with van der Waals surface area (Å²) in [6.45, 7) is 5.68. The number of allylic oxidation sites excluding steroid dienone is 1. The van der Waals surface area contributed by atoms with E-state index in [-0.39, 0.29) is 11.9 Å². The largest absolute Gasteiger partial charge is 0.344 e. The van der Waals surface area contributed by atoms with Gasteiger partial charge in [-0.3, -0.25) is 4.79 Å². The van der Waals surface area contributed by atoms with E-state index >= 15 is 0 Å². The second-order valence-corrected chi connectivity index (χ2v) is 4.19. The lowest BCUT2D eigenvalue weighted by Crippen LogP contribution is -2.35. The maximum absolute atomic E-state index is 11.1. The number of rotatable bonds is 0. The van der Waals surface area contributed by atoms with Crippen molar-refractivity contribution in [3.63, 3.8) is 0 Å². The molecule has 0 aromatic heterocycles. The average molecular weight is 182 g/mol. The first-order chi connectivity index (χ1) is 5.94. The van der Waals surface area contributed by atoms with Crippen LogP contribution in [0.25, 0.3) is 0 Å². The number of carbonyl (C=O) groups is 1. The first-order valence-corrected chi connectivity index (χ1v) is 4.54. The number of hydrogen-bond acceptors (Lipinski definition) is 3. The zero-order valence-electron chi connectivity index (χ0n) is 8.16. The molecule has 1 saturated heterocycles. The highest BCUT2D eigenvalue weighted by Crippen LogP contribution is 2.42. The van der Waals surface area contributed by atoms with Gasteiger partial charge in [-0.15, -0.1) is 0 Å². The fraction of sp³-hybridized carbons (Fsp3) is 0.700. The first-order valence-electron chi connectivity index (χ1n) is 4.54. The Labute approximate surface area is 77.7 Å². The van der Waals surface area contributed by atoms with Gasteiger partial charge in [0.15, 0.2) is 11.6 Å². The van der Waals surface area contributed by atoms with Gasteiger partial charge in [0.05, 0.1) is 6.10 Å². The highest BCUT2D eigenvalue weighted by atomic mass is 16.8. The highest BCUT2D eigenvalue weighted by Gasteiger charge is 2.52. The van der Waals surface area contributed by atoms with Crippen LogP contribution in [0.15, 0.2) is 12.2 Å². The van der Waals surface area contributed by atoms with Gasteiger partial charge in [0, 0.05) is 6.42 Å². The fourth-order valence-electron chi connectivity index (χ4n) is 2.06. The molecule has 1 heterocycles. The maximum atomic E-state index is 11.1. The van der Waals surface area contributed by atoms with Crippen molar-refractivity contribution in [3.05, 3.63) is 12.2 Å². The number of ketones is 1. The summed E-state index contributed by atoms with van der Waals surface area (Å²) in [5.41, 5.74) is -0.499. The van der Waals surface area contributed by atoms with Crippen LogP contribution >= 0.6 is 0 Å². The maximum Gasteiger partial charge on any atom is 0.164 e. The highest BCUT2D eigenvalue weighted by molar-refractivity contribution is 5.93. The molecule has 0 radical (unpaired) electrons. The molecule has 72 valence electrons. The van der Waals surface area contributed by atoms with E-state index in [0.717, 1.165) is 0 Å². The number of hydrogen-bond donors (Lipinski definition) is 0. The van der Waals surface area contributed by atoms with Gasteiger partial charge in [-0.25, -0.2) is 0 Å². The third-order valence-electron chi connectivity index (χ3n) is 2.59. The minimum atomic E-state index is -0.575. The summed E-state index contributed by atoms with van der Waals surface area (Å²) in [4.78, 5) is 11.1. The second kappa shape index (κ2) is 2.42. The zero-order chi connectivity index (χ0) is 9.69. The van der Waals surface area contributed by atoms with Gasteiger partial charge in [0.25, 0.3) is 0 Å². The van der Waals surface area contributed by atoms with Crippen molar-refractivity contribution in [2.75, 3.05) is 0 Å². The Morgan fingerprint density at radius 3 is 2.62 bits per heavy atom. The van der Waals surface area contributed by atoms with Crippen LogP contribution in [0.1, 0.15) is 27.2 Å². The smallest absolute Gasteiger partial charge is 0.164 e. The molecule has 0 bridgehead atoms. The molecule has 3 heteroatoms. The van der Waals surface area contributed by atoms with Gasteiger partial charge < -0.3 is 9.47 Å². The molecule has 2 rings (SSSR count). The minimum Gasteiger partial charge on any atom is -0.344 e. The SMILES string of the molecule is C[C@H]1OC(C)(C)O[C@]12C=CC(=O)C2. The molecule has 1 fully saturated rings. The molecule has 2 aliphatic rings. The van der Waals surface area contributed by atoms with Gasteiger partial charge in [-0.05, 0) is 32.9 Å². The lowest BCUT2D eigenvalue weighted by molar-refractivity contribution is -0.155. The van der Waals surface area contributed by atoms with E-state index in [9.17, 15) is 4.79 Å². The monoisotopic (exact) mass is 182 g/mol. The third kappa shape index (κ3) is 1.32. The molecule has 1 aliphatic heterocycles. The Bertz CT molecular complexity index is 280. The Balaban J connectivity index is 2.26. The molecule has 0 N–H and O–H groups in total.